The van der Waals surface area contributed by atoms with Gasteiger partial charge < -0.3 is 5.32 Å². The molecule has 3 atom stereocenters. The van der Waals surface area contributed by atoms with E-state index in [4.69, 9.17) is 4.55 Å². The standard InChI is InChI=1S/C10H21NO3S/c1-8-4-3-5-10(9(8)2)11-6-7-15(12,13)14/h8-11H,3-7H2,1-2H3,(H,12,13,14). The minimum Gasteiger partial charge on any atom is -0.313 e. The molecule has 90 valence electrons. The molecule has 0 aromatic heterocycles. The fraction of sp³-hybridized carbons (Fsp3) is 1.00. The summed E-state index contributed by atoms with van der Waals surface area (Å²) in [5.74, 6) is 1.09. The highest BCUT2D eigenvalue weighted by Gasteiger charge is 2.26. The van der Waals surface area contributed by atoms with Crippen molar-refractivity contribution in [1.82, 2.24) is 5.32 Å². The second-order valence-corrected chi connectivity index (χ2v) is 6.19. The lowest BCUT2D eigenvalue weighted by Gasteiger charge is -2.34. The van der Waals surface area contributed by atoms with Crippen molar-refractivity contribution in [2.24, 2.45) is 11.8 Å². The molecule has 3 unspecified atom stereocenters. The van der Waals surface area contributed by atoms with Gasteiger partial charge in [-0.3, -0.25) is 4.55 Å². The Balaban J connectivity index is 2.32. The fourth-order valence-corrected chi connectivity index (χ4v) is 2.62. The third-order valence-electron chi connectivity index (χ3n) is 3.47. The molecule has 0 radical (unpaired) electrons. The first-order chi connectivity index (χ1) is 6.90. The van der Waals surface area contributed by atoms with Crippen molar-refractivity contribution < 1.29 is 13.0 Å². The molecule has 0 bridgehead atoms. The van der Waals surface area contributed by atoms with Gasteiger partial charge in [-0.25, -0.2) is 0 Å². The smallest absolute Gasteiger partial charge is 0.266 e. The zero-order valence-electron chi connectivity index (χ0n) is 9.44. The number of hydrogen-bond acceptors (Lipinski definition) is 3. The van der Waals surface area contributed by atoms with Crippen molar-refractivity contribution in [3.05, 3.63) is 0 Å². The van der Waals surface area contributed by atoms with E-state index in [0.29, 0.717) is 24.4 Å². The van der Waals surface area contributed by atoms with E-state index < -0.39 is 10.1 Å². The number of nitrogens with one attached hydrogen (secondary N) is 1. The average Bonchev–Trinajstić information content (AvgIpc) is 2.10. The molecule has 0 saturated heterocycles. The van der Waals surface area contributed by atoms with Crippen LogP contribution in [-0.2, 0) is 10.1 Å². The highest BCUT2D eigenvalue weighted by molar-refractivity contribution is 7.85. The molecule has 2 N–H and O–H groups in total. The third-order valence-corrected chi connectivity index (χ3v) is 4.19. The summed E-state index contributed by atoms with van der Waals surface area (Å²) in [6.07, 6.45) is 3.57. The summed E-state index contributed by atoms with van der Waals surface area (Å²) in [6.45, 7) is 4.79. The highest BCUT2D eigenvalue weighted by Crippen LogP contribution is 2.29. The van der Waals surface area contributed by atoms with Gasteiger partial charge >= 0.3 is 0 Å². The Kier molecular flexibility index (Phi) is 4.55. The average molecular weight is 235 g/mol. The van der Waals surface area contributed by atoms with E-state index in [0.717, 1.165) is 6.42 Å². The fourth-order valence-electron chi connectivity index (χ4n) is 2.24. The zero-order valence-corrected chi connectivity index (χ0v) is 10.3. The predicted octanol–water partition coefficient (Wildman–Crippen LogP) is 1.29. The summed E-state index contributed by atoms with van der Waals surface area (Å²) in [7, 11) is -3.82. The van der Waals surface area contributed by atoms with E-state index >= 15 is 0 Å². The minimum atomic E-state index is -3.82. The molecule has 4 nitrogen and oxygen atoms in total. The molecular weight excluding hydrogens is 214 g/mol. The maximum absolute atomic E-state index is 10.5. The van der Waals surface area contributed by atoms with Crippen molar-refractivity contribution in [2.75, 3.05) is 12.3 Å². The summed E-state index contributed by atoms with van der Waals surface area (Å²) >= 11 is 0. The Morgan fingerprint density at radius 3 is 2.60 bits per heavy atom. The van der Waals surface area contributed by atoms with Gasteiger partial charge in [0.05, 0.1) is 5.75 Å². The molecular formula is C10H21NO3S. The summed E-state index contributed by atoms with van der Waals surface area (Å²) in [5.41, 5.74) is 0. The second kappa shape index (κ2) is 5.27. The van der Waals surface area contributed by atoms with Gasteiger partial charge in [-0.2, -0.15) is 8.42 Å². The zero-order chi connectivity index (χ0) is 11.5. The van der Waals surface area contributed by atoms with Crippen LogP contribution in [0, 0.1) is 11.8 Å². The molecule has 0 aliphatic heterocycles. The van der Waals surface area contributed by atoms with Gasteiger partial charge in [0.25, 0.3) is 10.1 Å². The van der Waals surface area contributed by atoms with Crippen LogP contribution in [0.5, 0.6) is 0 Å². The normalized spacial score (nSPS) is 32.9. The highest BCUT2D eigenvalue weighted by atomic mass is 32.2. The first-order valence-corrected chi connectivity index (χ1v) is 7.19. The van der Waals surface area contributed by atoms with Crippen molar-refractivity contribution >= 4 is 10.1 Å². The largest absolute Gasteiger partial charge is 0.313 e. The van der Waals surface area contributed by atoms with E-state index in [9.17, 15) is 8.42 Å². The molecule has 1 fully saturated rings. The van der Waals surface area contributed by atoms with Gasteiger partial charge in [-0.1, -0.05) is 26.7 Å². The summed E-state index contributed by atoms with van der Waals surface area (Å²) in [6, 6.07) is 0.399. The van der Waals surface area contributed by atoms with Gasteiger partial charge in [0.2, 0.25) is 0 Å². The minimum absolute atomic E-state index is 0.190. The molecule has 1 aliphatic carbocycles. The Labute approximate surface area is 92.2 Å². The lowest BCUT2D eigenvalue weighted by molar-refractivity contribution is 0.209. The van der Waals surface area contributed by atoms with Gasteiger partial charge in [0, 0.05) is 12.6 Å². The van der Waals surface area contributed by atoms with Gasteiger partial charge in [0.15, 0.2) is 0 Å². The SMILES string of the molecule is CC1CCCC(NCCS(=O)(=O)O)C1C. The molecule has 0 aromatic rings. The van der Waals surface area contributed by atoms with Crippen LogP contribution < -0.4 is 5.32 Å². The van der Waals surface area contributed by atoms with Crippen LogP contribution in [0.15, 0.2) is 0 Å². The van der Waals surface area contributed by atoms with E-state index in [2.05, 4.69) is 19.2 Å². The van der Waals surface area contributed by atoms with E-state index in [1.807, 2.05) is 0 Å². The Morgan fingerprint density at radius 2 is 2.00 bits per heavy atom. The topological polar surface area (TPSA) is 66.4 Å². The maximum Gasteiger partial charge on any atom is 0.266 e. The molecule has 0 amide bonds. The van der Waals surface area contributed by atoms with Crippen LogP contribution in [0.3, 0.4) is 0 Å². The van der Waals surface area contributed by atoms with Crippen LogP contribution in [0.25, 0.3) is 0 Å². The number of rotatable bonds is 4. The maximum atomic E-state index is 10.5. The predicted molar refractivity (Wildman–Crippen MR) is 60.4 cm³/mol. The molecule has 1 saturated carbocycles. The van der Waals surface area contributed by atoms with Gasteiger partial charge in [0.1, 0.15) is 0 Å². The summed E-state index contributed by atoms with van der Waals surface area (Å²) in [4.78, 5) is 0. The quantitative estimate of drug-likeness (QED) is 0.721. The van der Waals surface area contributed by atoms with E-state index in [1.165, 1.54) is 12.8 Å². The van der Waals surface area contributed by atoms with E-state index in [1.54, 1.807) is 0 Å². The number of hydrogen-bond donors (Lipinski definition) is 2. The van der Waals surface area contributed by atoms with Crippen LogP contribution >= 0.6 is 0 Å². The lowest BCUT2D eigenvalue weighted by Crippen LogP contribution is -2.42. The molecule has 1 rings (SSSR count). The van der Waals surface area contributed by atoms with Gasteiger partial charge in [-0.15, -0.1) is 0 Å². The molecule has 0 spiro atoms. The van der Waals surface area contributed by atoms with Crippen molar-refractivity contribution in [1.29, 1.82) is 0 Å². The van der Waals surface area contributed by atoms with Crippen LogP contribution in [0.1, 0.15) is 33.1 Å². The molecule has 15 heavy (non-hydrogen) atoms. The summed E-state index contributed by atoms with van der Waals surface area (Å²) < 4.78 is 29.7. The van der Waals surface area contributed by atoms with Crippen LogP contribution in [-0.4, -0.2) is 31.3 Å². The van der Waals surface area contributed by atoms with Gasteiger partial charge in [-0.05, 0) is 18.3 Å². The Hall–Kier alpha value is -0.130. The van der Waals surface area contributed by atoms with E-state index in [-0.39, 0.29) is 5.75 Å². The van der Waals surface area contributed by atoms with Crippen LogP contribution in [0.2, 0.25) is 0 Å². The molecule has 0 aromatic carbocycles. The first kappa shape index (κ1) is 12.9. The Bertz CT molecular complexity index is 289. The lowest BCUT2D eigenvalue weighted by atomic mass is 9.78. The molecule has 5 heteroatoms. The Morgan fingerprint density at radius 1 is 1.33 bits per heavy atom. The van der Waals surface area contributed by atoms with Crippen LogP contribution in [0.4, 0.5) is 0 Å². The summed E-state index contributed by atoms with van der Waals surface area (Å²) in [5, 5.41) is 3.22. The first-order valence-electron chi connectivity index (χ1n) is 5.58. The monoisotopic (exact) mass is 235 g/mol. The van der Waals surface area contributed by atoms with Crippen molar-refractivity contribution in [3.63, 3.8) is 0 Å². The van der Waals surface area contributed by atoms with Crippen molar-refractivity contribution in [2.45, 2.75) is 39.2 Å². The second-order valence-electron chi connectivity index (χ2n) is 4.61. The third kappa shape index (κ3) is 4.49. The molecule has 0 heterocycles. The van der Waals surface area contributed by atoms with Crippen molar-refractivity contribution in [3.8, 4) is 0 Å². The molecule has 1 aliphatic rings.